The number of rotatable bonds is 3. The van der Waals surface area contributed by atoms with Crippen LogP contribution in [-0.4, -0.2) is 29.5 Å². The van der Waals surface area contributed by atoms with E-state index in [0.29, 0.717) is 6.42 Å². The molecule has 1 saturated heterocycles. The van der Waals surface area contributed by atoms with Gasteiger partial charge < -0.3 is 5.73 Å². The number of nitrogens with one attached hydrogen (secondary N) is 1. The number of carbonyl (C=O) groups excluding carboxylic acids is 1. The molecule has 1 aliphatic heterocycles. The summed E-state index contributed by atoms with van der Waals surface area (Å²) in [7, 11) is 0. The molecule has 0 spiro atoms. The smallest absolute Gasteiger partial charge is 0.254 e. The maximum Gasteiger partial charge on any atom is 0.254 e. The van der Waals surface area contributed by atoms with Crippen LogP contribution in [0.5, 0.6) is 0 Å². The van der Waals surface area contributed by atoms with Crippen LogP contribution >= 0.6 is 0 Å². The summed E-state index contributed by atoms with van der Waals surface area (Å²) in [6.45, 7) is 5.60. The molecule has 0 aromatic carbocycles. The summed E-state index contributed by atoms with van der Waals surface area (Å²) in [4.78, 5) is 11.7. The molecule has 0 aromatic rings. The molecule has 1 atom stereocenters. The Hall–Kier alpha value is -0.610. The summed E-state index contributed by atoms with van der Waals surface area (Å²) in [5.74, 6) is -0.0677. The summed E-state index contributed by atoms with van der Waals surface area (Å²) >= 11 is 0. The van der Waals surface area contributed by atoms with Crippen molar-refractivity contribution in [1.82, 2.24) is 10.4 Å². The summed E-state index contributed by atoms with van der Waals surface area (Å²) in [5.41, 5.74) is 7.98. The van der Waals surface area contributed by atoms with E-state index in [2.05, 4.69) is 5.43 Å². The van der Waals surface area contributed by atoms with Crippen molar-refractivity contribution in [3.8, 4) is 0 Å². The summed E-state index contributed by atoms with van der Waals surface area (Å²) < 4.78 is 0. The van der Waals surface area contributed by atoms with Gasteiger partial charge in [-0.1, -0.05) is 13.3 Å². The normalized spacial score (nSPS) is 22.8. The topological polar surface area (TPSA) is 58.4 Å². The highest BCUT2D eigenvalue weighted by Gasteiger charge is 2.27. The van der Waals surface area contributed by atoms with Crippen LogP contribution in [0, 0.1) is 0 Å². The van der Waals surface area contributed by atoms with Crippen molar-refractivity contribution in [2.24, 2.45) is 5.73 Å². The Morgan fingerprint density at radius 3 is 2.50 bits per heavy atom. The van der Waals surface area contributed by atoms with E-state index in [-0.39, 0.29) is 5.91 Å². The molecule has 0 aliphatic carbocycles. The molecule has 82 valence electrons. The third-order valence-electron chi connectivity index (χ3n) is 2.87. The Morgan fingerprint density at radius 1 is 1.43 bits per heavy atom. The fraction of sp³-hybridized carbons (Fsp3) is 0.900. The third-order valence-corrected chi connectivity index (χ3v) is 2.87. The molecule has 14 heavy (non-hydrogen) atoms. The molecule has 1 fully saturated rings. The summed E-state index contributed by atoms with van der Waals surface area (Å²) in [5, 5.41) is 1.98. The average molecular weight is 199 g/mol. The van der Waals surface area contributed by atoms with E-state index < -0.39 is 5.54 Å². The molecule has 4 nitrogen and oxygen atoms in total. The van der Waals surface area contributed by atoms with Crippen LogP contribution in [0.4, 0.5) is 0 Å². The van der Waals surface area contributed by atoms with E-state index in [1.165, 1.54) is 6.42 Å². The number of nitrogens with zero attached hydrogens (tertiary/aromatic N) is 1. The first-order chi connectivity index (χ1) is 6.56. The van der Waals surface area contributed by atoms with Crippen LogP contribution < -0.4 is 11.2 Å². The molecule has 0 saturated carbocycles. The van der Waals surface area contributed by atoms with Crippen molar-refractivity contribution in [2.75, 3.05) is 13.1 Å². The molecule has 4 heteroatoms. The largest absolute Gasteiger partial charge is 0.318 e. The van der Waals surface area contributed by atoms with Gasteiger partial charge in [-0.25, -0.2) is 5.01 Å². The highest BCUT2D eigenvalue weighted by Crippen LogP contribution is 2.09. The minimum Gasteiger partial charge on any atom is -0.318 e. The predicted octanol–water partition coefficient (Wildman–Crippen LogP) is 0.631. The Morgan fingerprint density at radius 2 is 2.00 bits per heavy atom. The second kappa shape index (κ2) is 4.75. The minimum absolute atomic E-state index is 0.0677. The summed E-state index contributed by atoms with van der Waals surface area (Å²) in [6, 6.07) is 0. The van der Waals surface area contributed by atoms with Crippen molar-refractivity contribution in [1.29, 1.82) is 0 Å². The number of hydrazine groups is 1. The van der Waals surface area contributed by atoms with Gasteiger partial charge in [-0.2, -0.15) is 0 Å². The first-order valence-electron chi connectivity index (χ1n) is 5.41. The fourth-order valence-corrected chi connectivity index (χ4v) is 1.44. The number of nitrogens with two attached hydrogens (primary N) is 1. The Kier molecular flexibility index (Phi) is 3.89. The lowest BCUT2D eigenvalue weighted by atomic mass is 10.00. The molecule has 1 heterocycles. The van der Waals surface area contributed by atoms with Crippen LogP contribution in [0.1, 0.15) is 39.5 Å². The number of hydrogen-bond acceptors (Lipinski definition) is 3. The van der Waals surface area contributed by atoms with Crippen molar-refractivity contribution in [2.45, 2.75) is 45.1 Å². The van der Waals surface area contributed by atoms with Crippen molar-refractivity contribution in [3.05, 3.63) is 0 Å². The zero-order chi connectivity index (χ0) is 10.6. The van der Waals surface area contributed by atoms with Gasteiger partial charge in [0.15, 0.2) is 0 Å². The van der Waals surface area contributed by atoms with Gasteiger partial charge in [-0.15, -0.1) is 0 Å². The number of hydrogen-bond donors (Lipinski definition) is 2. The fourth-order valence-electron chi connectivity index (χ4n) is 1.44. The zero-order valence-corrected chi connectivity index (χ0v) is 9.18. The predicted molar refractivity (Wildman–Crippen MR) is 56.5 cm³/mol. The minimum atomic E-state index is -0.739. The number of piperidine rings is 1. The van der Waals surface area contributed by atoms with Crippen molar-refractivity contribution in [3.63, 3.8) is 0 Å². The van der Waals surface area contributed by atoms with Gasteiger partial charge in [0.25, 0.3) is 5.91 Å². The monoisotopic (exact) mass is 199 g/mol. The first-order valence-corrected chi connectivity index (χ1v) is 5.41. The lowest BCUT2D eigenvalue weighted by molar-refractivity contribution is -0.131. The molecular weight excluding hydrogens is 178 g/mol. The van der Waals surface area contributed by atoms with E-state index in [0.717, 1.165) is 25.9 Å². The number of amides is 1. The Balaban J connectivity index is 2.39. The highest BCUT2D eigenvalue weighted by atomic mass is 16.2. The van der Waals surface area contributed by atoms with Gasteiger partial charge >= 0.3 is 0 Å². The average Bonchev–Trinajstić information content (AvgIpc) is 2.19. The second-order valence-corrected chi connectivity index (χ2v) is 4.26. The van der Waals surface area contributed by atoms with Gasteiger partial charge in [0, 0.05) is 13.1 Å². The van der Waals surface area contributed by atoms with Crippen LogP contribution in [0.2, 0.25) is 0 Å². The molecule has 0 aromatic heterocycles. The van der Waals surface area contributed by atoms with E-state index in [1.807, 2.05) is 11.9 Å². The quantitative estimate of drug-likeness (QED) is 0.701. The second-order valence-electron chi connectivity index (χ2n) is 4.26. The molecule has 1 amide bonds. The molecule has 3 N–H and O–H groups in total. The Labute approximate surface area is 85.8 Å². The van der Waals surface area contributed by atoms with Gasteiger partial charge in [-0.05, 0) is 26.2 Å². The van der Waals surface area contributed by atoms with Gasteiger partial charge in [-0.3, -0.25) is 10.2 Å². The lowest BCUT2D eigenvalue weighted by Gasteiger charge is -2.31. The number of carbonyl (C=O) groups is 1. The van der Waals surface area contributed by atoms with Gasteiger partial charge in [0.1, 0.15) is 0 Å². The van der Waals surface area contributed by atoms with Gasteiger partial charge in [0.2, 0.25) is 0 Å². The lowest BCUT2D eigenvalue weighted by Crippen LogP contribution is -2.57. The standard InChI is InChI=1S/C10H21N3O/c1-3-10(2,11)9(14)12-13-7-5-4-6-8-13/h3-8,11H2,1-2H3,(H,12,14). The molecule has 1 rings (SSSR count). The maximum atomic E-state index is 11.7. The summed E-state index contributed by atoms with van der Waals surface area (Å²) in [6.07, 6.45) is 4.24. The first kappa shape index (κ1) is 11.5. The van der Waals surface area contributed by atoms with Gasteiger partial charge in [0.05, 0.1) is 5.54 Å². The van der Waals surface area contributed by atoms with E-state index in [9.17, 15) is 4.79 Å². The van der Waals surface area contributed by atoms with Crippen molar-refractivity contribution >= 4 is 5.91 Å². The van der Waals surface area contributed by atoms with Crippen LogP contribution in [0.3, 0.4) is 0 Å². The molecule has 1 unspecified atom stereocenters. The highest BCUT2D eigenvalue weighted by molar-refractivity contribution is 5.85. The zero-order valence-electron chi connectivity index (χ0n) is 9.18. The molecule has 1 aliphatic rings. The molecule has 0 bridgehead atoms. The molecular formula is C10H21N3O. The maximum absolute atomic E-state index is 11.7. The van der Waals surface area contributed by atoms with Crippen molar-refractivity contribution < 1.29 is 4.79 Å². The van der Waals surface area contributed by atoms with E-state index in [4.69, 9.17) is 5.73 Å². The van der Waals surface area contributed by atoms with E-state index >= 15 is 0 Å². The molecule has 0 radical (unpaired) electrons. The SMILES string of the molecule is CCC(C)(N)C(=O)NN1CCCCC1. The van der Waals surface area contributed by atoms with Crippen LogP contribution in [0.15, 0.2) is 0 Å². The van der Waals surface area contributed by atoms with E-state index in [1.54, 1.807) is 6.92 Å². The van der Waals surface area contributed by atoms with Crippen LogP contribution in [-0.2, 0) is 4.79 Å². The van der Waals surface area contributed by atoms with Crippen LogP contribution in [0.25, 0.3) is 0 Å². The third kappa shape index (κ3) is 2.96. The Bertz CT molecular complexity index is 198.